The van der Waals surface area contributed by atoms with Gasteiger partial charge in [0.1, 0.15) is 0 Å². The van der Waals surface area contributed by atoms with Gasteiger partial charge in [-0.3, -0.25) is 0 Å². The monoisotopic (exact) mass is 398 g/mol. The average molecular weight is 401 g/mol. The molecule has 82 valence electrons. The largest absolute Gasteiger partial charge is 0.331 e. The lowest BCUT2D eigenvalue weighted by Crippen LogP contribution is -2.27. The van der Waals surface area contributed by atoms with Crippen molar-refractivity contribution in [1.82, 2.24) is 4.90 Å². The number of anilines is 1. The predicted octanol–water partition coefficient (Wildman–Crippen LogP) is 4.07. The number of rotatable bonds is 1. The summed E-state index contributed by atoms with van der Waals surface area (Å²) in [7, 11) is 3.38. The van der Waals surface area contributed by atoms with Crippen molar-refractivity contribution in [3.63, 3.8) is 0 Å². The predicted molar refractivity (Wildman–Crippen MR) is 72.2 cm³/mol. The molecule has 0 fully saturated rings. The molecule has 0 radical (unpaired) electrons. The molecule has 0 saturated heterocycles. The molecule has 1 aromatic rings. The maximum absolute atomic E-state index is 11.5. The minimum absolute atomic E-state index is 0.168. The quantitative estimate of drug-likeness (QED) is 0.757. The third kappa shape index (κ3) is 3.46. The van der Waals surface area contributed by atoms with Gasteiger partial charge in [-0.15, -0.1) is 0 Å². The Bertz CT molecular complexity index is 370. The van der Waals surface area contributed by atoms with Crippen molar-refractivity contribution in [2.75, 3.05) is 19.4 Å². The molecule has 0 unspecified atom stereocenters. The minimum atomic E-state index is -0.168. The van der Waals surface area contributed by atoms with Crippen LogP contribution >= 0.6 is 47.8 Å². The van der Waals surface area contributed by atoms with E-state index in [9.17, 15) is 4.79 Å². The third-order valence-corrected chi connectivity index (χ3v) is 3.35. The van der Waals surface area contributed by atoms with Crippen LogP contribution in [0.1, 0.15) is 0 Å². The van der Waals surface area contributed by atoms with Gasteiger partial charge in [-0.2, -0.15) is 0 Å². The number of amides is 2. The lowest BCUT2D eigenvalue weighted by molar-refractivity contribution is 0.230. The number of benzene rings is 1. The number of hydrogen-bond donors (Lipinski definition) is 1. The van der Waals surface area contributed by atoms with Gasteiger partial charge >= 0.3 is 6.03 Å². The molecule has 0 heterocycles. The number of carbonyl (C=O) groups excluding carboxylic acids is 1. The number of urea groups is 1. The highest BCUT2D eigenvalue weighted by molar-refractivity contribution is 9.11. The lowest BCUT2D eigenvalue weighted by atomic mass is 10.3. The van der Waals surface area contributed by atoms with Crippen molar-refractivity contribution in [2.45, 2.75) is 0 Å². The Kier molecular flexibility index (Phi) is 4.61. The number of carbonyl (C=O) groups is 1. The third-order valence-electron chi connectivity index (χ3n) is 1.64. The number of nitrogens with one attached hydrogen (secondary N) is 1. The van der Waals surface area contributed by atoms with E-state index in [1.165, 1.54) is 4.90 Å². The summed E-state index contributed by atoms with van der Waals surface area (Å²) >= 11 is 10.1. The molecule has 2 amide bonds. The van der Waals surface area contributed by atoms with Gasteiger partial charge in [0.15, 0.2) is 0 Å². The standard InChI is InChI=1S/C9H9Br3N2O/c1-14(2)9(15)13-8-6(11)3-5(10)4-7(8)12/h3-4H,1-2H3,(H,13,15). The van der Waals surface area contributed by atoms with Crippen molar-refractivity contribution in [3.8, 4) is 0 Å². The first-order chi connectivity index (χ1) is 6.91. The van der Waals surface area contributed by atoms with Gasteiger partial charge in [0.05, 0.1) is 5.69 Å². The van der Waals surface area contributed by atoms with E-state index < -0.39 is 0 Å². The van der Waals surface area contributed by atoms with E-state index in [-0.39, 0.29) is 6.03 Å². The van der Waals surface area contributed by atoms with Crippen molar-refractivity contribution < 1.29 is 4.79 Å². The fourth-order valence-corrected chi connectivity index (χ4v) is 3.34. The van der Waals surface area contributed by atoms with E-state index in [4.69, 9.17) is 0 Å². The molecule has 0 aromatic heterocycles. The van der Waals surface area contributed by atoms with Gasteiger partial charge in [0.2, 0.25) is 0 Å². The molecule has 1 rings (SSSR count). The zero-order chi connectivity index (χ0) is 11.6. The van der Waals surface area contributed by atoms with Crippen LogP contribution in [0.2, 0.25) is 0 Å². The van der Waals surface area contributed by atoms with Crippen LogP contribution in [0.15, 0.2) is 25.6 Å². The Balaban J connectivity index is 3.00. The highest BCUT2D eigenvalue weighted by atomic mass is 79.9. The summed E-state index contributed by atoms with van der Waals surface area (Å²) in [5.74, 6) is 0. The van der Waals surface area contributed by atoms with E-state index in [1.807, 2.05) is 12.1 Å². The normalized spacial score (nSPS) is 9.93. The second-order valence-corrected chi connectivity index (χ2v) is 5.69. The second-order valence-electron chi connectivity index (χ2n) is 3.07. The Morgan fingerprint density at radius 2 is 1.67 bits per heavy atom. The van der Waals surface area contributed by atoms with Crippen LogP contribution in [0.4, 0.5) is 10.5 Å². The topological polar surface area (TPSA) is 32.3 Å². The van der Waals surface area contributed by atoms with Crippen LogP contribution in [0.25, 0.3) is 0 Å². The van der Waals surface area contributed by atoms with E-state index >= 15 is 0 Å². The summed E-state index contributed by atoms with van der Waals surface area (Å²) in [5.41, 5.74) is 0.719. The first-order valence-corrected chi connectivity index (χ1v) is 6.42. The summed E-state index contributed by atoms with van der Waals surface area (Å²) in [4.78, 5) is 12.9. The zero-order valence-corrected chi connectivity index (χ0v) is 12.9. The Morgan fingerprint density at radius 3 is 2.07 bits per heavy atom. The van der Waals surface area contributed by atoms with Gasteiger partial charge in [-0.1, -0.05) is 15.9 Å². The number of nitrogens with zero attached hydrogens (tertiary/aromatic N) is 1. The smallest absolute Gasteiger partial charge is 0.321 e. The fourth-order valence-electron chi connectivity index (χ4n) is 0.880. The number of halogens is 3. The van der Waals surface area contributed by atoms with Crippen LogP contribution in [0.5, 0.6) is 0 Å². The summed E-state index contributed by atoms with van der Waals surface area (Å²) in [6.07, 6.45) is 0. The highest BCUT2D eigenvalue weighted by Gasteiger charge is 2.11. The molecule has 0 spiro atoms. The van der Waals surface area contributed by atoms with Crippen LogP contribution in [-0.2, 0) is 0 Å². The number of hydrogen-bond acceptors (Lipinski definition) is 1. The van der Waals surface area contributed by atoms with Crippen molar-refractivity contribution in [2.24, 2.45) is 0 Å². The molecule has 0 aliphatic carbocycles. The fraction of sp³-hybridized carbons (Fsp3) is 0.222. The van der Waals surface area contributed by atoms with Gasteiger partial charge in [-0.05, 0) is 44.0 Å². The molecular weight excluding hydrogens is 392 g/mol. The van der Waals surface area contributed by atoms with Gasteiger partial charge in [0, 0.05) is 27.5 Å². The van der Waals surface area contributed by atoms with E-state index in [0.717, 1.165) is 19.1 Å². The molecule has 0 aliphatic heterocycles. The van der Waals surface area contributed by atoms with Gasteiger partial charge in [-0.25, -0.2) is 4.79 Å². The maximum atomic E-state index is 11.5. The molecule has 6 heteroatoms. The van der Waals surface area contributed by atoms with Crippen molar-refractivity contribution in [1.29, 1.82) is 0 Å². The van der Waals surface area contributed by atoms with Gasteiger partial charge < -0.3 is 10.2 Å². The Labute approximate surface area is 114 Å². The first kappa shape index (κ1) is 13.0. The SMILES string of the molecule is CN(C)C(=O)Nc1c(Br)cc(Br)cc1Br. The van der Waals surface area contributed by atoms with Crippen LogP contribution in [0.3, 0.4) is 0 Å². The molecule has 0 bridgehead atoms. The summed E-state index contributed by atoms with van der Waals surface area (Å²) in [5, 5.41) is 2.78. The van der Waals surface area contributed by atoms with Crippen molar-refractivity contribution >= 4 is 59.5 Å². The summed E-state index contributed by atoms with van der Waals surface area (Å²) in [6.45, 7) is 0. The van der Waals surface area contributed by atoms with Crippen LogP contribution in [0, 0.1) is 0 Å². The second kappa shape index (κ2) is 5.32. The molecule has 1 N–H and O–H groups in total. The van der Waals surface area contributed by atoms with Crippen molar-refractivity contribution in [3.05, 3.63) is 25.6 Å². The minimum Gasteiger partial charge on any atom is -0.331 e. The lowest BCUT2D eigenvalue weighted by Gasteiger charge is -2.14. The first-order valence-electron chi connectivity index (χ1n) is 4.04. The molecule has 0 aliphatic rings. The zero-order valence-electron chi connectivity index (χ0n) is 8.14. The molecule has 15 heavy (non-hydrogen) atoms. The maximum Gasteiger partial charge on any atom is 0.321 e. The molecule has 3 nitrogen and oxygen atoms in total. The molecule has 0 saturated carbocycles. The van der Waals surface area contributed by atoms with Gasteiger partial charge in [0.25, 0.3) is 0 Å². The Morgan fingerprint density at radius 1 is 1.20 bits per heavy atom. The molecular formula is C9H9Br3N2O. The highest BCUT2D eigenvalue weighted by Crippen LogP contribution is 2.34. The van der Waals surface area contributed by atoms with E-state index in [2.05, 4.69) is 53.1 Å². The van der Waals surface area contributed by atoms with Crippen LogP contribution in [-0.4, -0.2) is 25.0 Å². The Hall–Kier alpha value is -0.0700. The van der Waals surface area contributed by atoms with E-state index in [0.29, 0.717) is 0 Å². The average Bonchev–Trinajstić information content (AvgIpc) is 2.10. The van der Waals surface area contributed by atoms with E-state index in [1.54, 1.807) is 14.1 Å². The molecule has 0 atom stereocenters. The van der Waals surface area contributed by atoms with Crippen LogP contribution < -0.4 is 5.32 Å². The molecule has 1 aromatic carbocycles. The summed E-state index contributed by atoms with van der Waals surface area (Å²) < 4.78 is 2.57. The summed E-state index contributed by atoms with van der Waals surface area (Å²) in [6, 6.07) is 3.57.